The van der Waals surface area contributed by atoms with Crippen LogP contribution in [-0.2, 0) is 44.8 Å². The van der Waals surface area contributed by atoms with E-state index in [4.69, 9.17) is 5.73 Å². The molecule has 0 aliphatic rings. The smallest absolute Gasteiger partial charge is 0.326 e. The first kappa shape index (κ1) is 55.0. The van der Waals surface area contributed by atoms with Crippen LogP contribution in [0.25, 0.3) is 0 Å². The number of carbonyl (C=O) groups excluding carboxylic acids is 6. The molecule has 0 aliphatic heterocycles. The average Bonchev–Trinajstić information content (AvgIpc) is 3.18. The van der Waals surface area contributed by atoms with Crippen molar-refractivity contribution < 1.29 is 53.7 Å². The quantitative estimate of drug-likeness (QED) is 0.0451. The molecule has 350 valence electrons. The first-order valence-corrected chi connectivity index (χ1v) is 22.3. The highest BCUT2D eigenvalue weighted by Gasteiger charge is 2.32. The van der Waals surface area contributed by atoms with Gasteiger partial charge in [0.05, 0.1) is 12.5 Å². The third-order valence-electron chi connectivity index (χ3n) is 10.3. The molecule has 0 spiro atoms. The van der Waals surface area contributed by atoms with Crippen LogP contribution in [0.5, 0.6) is 0 Å². The minimum Gasteiger partial charge on any atom is -0.480 e. The summed E-state index contributed by atoms with van der Waals surface area (Å²) in [4.78, 5) is 99.4. The zero-order chi connectivity index (χ0) is 46.6. The van der Waals surface area contributed by atoms with E-state index in [1.807, 2.05) is 27.7 Å². The molecular weight excluding hydrogens is 801 g/mol. The first-order valence-electron chi connectivity index (χ1n) is 22.3. The number of unbranched alkanes of at least 4 members (excludes halogenated alkanes) is 11. The van der Waals surface area contributed by atoms with Gasteiger partial charge in [0.15, 0.2) is 0 Å². The van der Waals surface area contributed by atoms with E-state index in [2.05, 4.69) is 26.6 Å². The summed E-state index contributed by atoms with van der Waals surface area (Å²) in [5, 5.41) is 42.1. The van der Waals surface area contributed by atoms with Gasteiger partial charge >= 0.3 is 11.9 Å². The Morgan fingerprint density at radius 1 is 0.516 bits per heavy atom. The number of nitrogens with two attached hydrogens (primary N) is 1. The van der Waals surface area contributed by atoms with Gasteiger partial charge in [0.25, 0.3) is 0 Å². The second-order valence-corrected chi connectivity index (χ2v) is 17.1. The number of aliphatic hydroxyl groups excluding tert-OH is 1. The molecule has 0 heterocycles. The zero-order valence-electron chi connectivity index (χ0n) is 37.4. The van der Waals surface area contributed by atoms with Crippen molar-refractivity contribution in [3.8, 4) is 0 Å². The van der Waals surface area contributed by atoms with Gasteiger partial charge in [0, 0.05) is 19.3 Å². The molecule has 10 N–H and O–H groups in total. The summed E-state index contributed by atoms with van der Waals surface area (Å²) in [5.74, 6) is -6.17. The summed E-state index contributed by atoms with van der Waals surface area (Å²) in [6.07, 6.45) is 10.2. The first-order chi connectivity index (χ1) is 29.3. The van der Waals surface area contributed by atoms with E-state index in [-0.39, 0.29) is 49.8 Å². The number of rotatable bonds is 34. The van der Waals surface area contributed by atoms with E-state index in [1.54, 1.807) is 30.3 Å². The van der Waals surface area contributed by atoms with Crippen molar-refractivity contribution in [3.05, 3.63) is 35.9 Å². The van der Waals surface area contributed by atoms with Crippen LogP contribution in [0.4, 0.5) is 0 Å². The summed E-state index contributed by atoms with van der Waals surface area (Å²) in [6.45, 7) is 8.78. The summed E-state index contributed by atoms with van der Waals surface area (Å²) < 4.78 is 0. The van der Waals surface area contributed by atoms with Gasteiger partial charge in [-0.1, -0.05) is 122 Å². The normalized spacial score (nSPS) is 14.1. The minimum absolute atomic E-state index is 0.0115. The van der Waals surface area contributed by atoms with Crippen LogP contribution >= 0.6 is 0 Å². The van der Waals surface area contributed by atoms with Crippen molar-refractivity contribution in [1.29, 1.82) is 0 Å². The maximum absolute atomic E-state index is 13.1. The molecule has 62 heavy (non-hydrogen) atoms. The number of aliphatic hydroxyl groups is 1. The zero-order valence-corrected chi connectivity index (χ0v) is 37.4. The van der Waals surface area contributed by atoms with E-state index >= 15 is 0 Å². The van der Waals surface area contributed by atoms with Gasteiger partial charge in [-0.05, 0) is 50.0 Å². The molecule has 6 amide bonds. The van der Waals surface area contributed by atoms with Crippen LogP contribution in [0.3, 0.4) is 0 Å². The SMILES string of the molecule is CC(C)C[C@H](NC(=O)[C@H](CC(C)C)NC(=O)[C@@H](NC(=O)CCCCCCCCCCCCCCC(=O)N[C@@H](CC(N)=O)C(=O)N[C@@H](Cc1ccccc1)C(=O)O)[C@H](C)O)C(=O)O. The van der Waals surface area contributed by atoms with E-state index in [9.17, 15) is 53.7 Å². The highest BCUT2D eigenvalue weighted by Crippen LogP contribution is 2.14. The molecule has 0 bridgehead atoms. The number of nitrogens with one attached hydrogen (secondary N) is 5. The molecule has 17 heteroatoms. The molecule has 1 rings (SSSR count). The van der Waals surface area contributed by atoms with Crippen molar-refractivity contribution in [2.45, 2.75) is 187 Å². The predicted molar refractivity (Wildman–Crippen MR) is 234 cm³/mol. The summed E-state index contributed by atoms with van der Waals surface area (Å²) in [6, 6.07) is 2.81. The second kappa shape index (κ2) is 30.9. The van der Waals surface area contributed by atoms with Gasteiger partial charge in [0.2, 0.25) is 35.4 Å². The number of carboxylic acid groups (broad SMARTS) is 2. The van der Waals surface area contributed by atoms with Crippen LogP contribution in [0, 0.1) is 11.8 Å². The van der Waals surface area contributed by atoms with Crippen LogP contribution in [0.1, 0.15) is 149 Å². The van der Waals surface area contributed by atoms with E-state index < -0.39 is 84.2 Å². The average molecular weight is 875 g/mol. The maximum atomic E-state index is 13.1. The fraction of sp³-hybridized carbons (Fsp3) is 0.689. The van der Waals surface area contributed by atoms with Gasteiger partial charge in [-0.15, -0.1) is 0 Å². The molecule has 17 nitrogen and oxygen atoms in total. The summed E-state index contributed by atoms with van der Waals surface area (Å²) in [5.41, 5.74) is 6.00. The van der Waals surface area contributed by atoms with Gasteiger partial charge < -0.3 is 47.6 Å². The maximum Gasteiger partial charge on any atom is 0.326 e. The Kier molecular flexibility index (Phi) is 27.4. The largest absolute Gasteiger partial charge is 0.480 e. The van der Waals surface area contributed by atoms with Gasteiger partial charge in [0.1, 0.15) is 30.2 Å². The lowest BCUT2D eigenvalue weighted by molar-refractivity contribution is -0.143. The Morgan fingerprint density at radius 2 is 0.919 bits per heavy atom. The molecule has 0 fully saturated rings. The number of carboxylic acids is 2. The number of aliphatic carboxylic acids is 2. The van der Waals surface area contributed by atoms with Crippen LogP contribution < -0.4 is 32.3 Å². The number of amides is 6. The van der Waals surface area contributed by atoms with Crippen molar-refractivity contribution in [2.75, 3.05) is 0 Å². The number of hydrogen-bond acceptors (Lipinski definition) is 9. The number of carbonyl (C=O) groups is 8. The van der Waals surface area contributed by atoms with Gasteiger partial charge in [-0.2, -0.15) is 0 Å². The van der Waals surface area contributed by atoms with E-state index in [0.29, 0.717) is 18.4 Å². The van der Waals surface area contributed by atoms with Crippen LogP contribution in [0.15, 0.2) is 30.3 Å². The minimum atomic E-state index is -1.28. The summed E-state index contributed by atoms with van der Waals surface area (Å²) >= 11 is 0. The molecule has 0 unspecified atom stereocenters. The molecular formula is C45H74N6O11. The third-order valence-corrected chi connectivity index (χ3v) is 10.3. The molecule has 6 atom stereocenters. The monoisotopic (exact) mass is 875 g/mol. The van der Waals surface area contributed by atoms with Crippen molar-refractivity contribution in [1.82, 2.24) is 26.6 Å². The van der Waals surface area contributed by atoms with Gasteiger partial charge in [-0.3, -0.25) is 28.8 Å². The highest BCUT2D eigenvalue weighted by atomic mass is 16.4. The lowest BCUT2D eigenvalue weighted by atomic mass is 10.00. The molecule has 0 saturated heterocycles. The van der Waals surface area contributed by atoms with Crippen molar-refractivity contribution >= 4 is 47.4 Å². The fourth-order valence-corrected chi connectivity index (χ4v) is 6.92. The van der Waals surface area contributed by atoms with E-state index in [1.165, 1.54) is 6.92 Å². The standard InChI is InChI=1S/C45H74N6O11/c1-29(2)25-33(41(56)49-35(44(59)60)26-30(3)4)48-43(58)40(31(5)52)51-39(55)24-20-15-13-11-9-7-6-8-10-12-14-19-23-38(54)47-34(28-37(46)53)42(57)50-36(45(61)62)27-32-21-17-16-18-22-32/h16-18,21-22,29-31,33-36,40,52H,6-15,19-20,23-28H2,1-5H3,(H2,46,53)(H,47,54)(H,48,58)(H,49,56)(H,50,57)(H,51,55)(H,59,60)(H,61,62)/t31-,33-,34-,35-,36-,40-/m0/s1. The van der Waals surface area contributed by atoms with Crippen LogP contribution in [0.2, 0.25) is 0 Å². The molecule has 0 saturated carbocycles. The molecule has 0 radical (unpaired) electrons. The summed E-state index contributed by atoms with van der Waals surface area (Å²) in [7, 11) is 0. The van der Waals surface area contributed by atoms with Crippen molar-refractivity contribution in [3.63, 3.8) is 0 Å². The number of benzene rings is 1. The third kappa shape index (κ3) is 25.0. The second-order valence-electron chi connectivity index (χ2n) is 17.1. The highest BCUT2D eigenvalue weighted by molar-refractivity contribution is 5.94. The van der Waals surface area contributed by atoms with Crippen molar-refractivity contribution in [2.24, 2.45) is 17.6 Å². The number of primary amides is 1. The Hall–Kier alpha value is -5.06. The topological polar surface area (TPSA) is 283 Å². The van der Waals surface area contributed by atoms with E-state index in [0.717, 1.165) is 64.2 Å². The fourth-order valence-electron chi connectivity index (χ4n) is 6.92. The predicted octanol–water partition coefficient (Wildman–Crippen LogP) is 3.63. The molecule has 0 aromatic heterocycles. The Bertz CT molecular complexity index is 1560. The Labute approximate surface area is 366 Å². The molecule has 1 aromatic rings. The Morgan fingerprint density at radius 3 is 1.35 bits per heavy atom. The lowest BCUT2D eigenvalue weighted by Crippen LogP contribution is -2.58. The van der Waals surface area contributed by atoms with Crippen LogP contribution in [-0.4, -0.2) is 99.0 Å². The lowest BCUT2D eigenvalue weighted by Gasteiger charge is -2.27. The molecule has 1 aromatic carbocycles. The molecule has 0 aliphatic carbocycles. The number of hydrogen-bond donors (Lipinski definition) is 9. The Balaban J connectivity index is 2.31. The van der Waals surface area contributed by atoms with Gasteiger partial charge in [-0.25, -0.2) is 9.59 Å².